The van der Waals surface area contributed by atoms with Gasteiger partial charge in [-0.1, -0.05) is 31.4 Å². The molecule has 1 saturated carbocycles. The van der Waals surface area contributed by atoms with Crippen molar-refractivity contribution in [3.8, 4) is 0 Å². The molecule has 8 nitrogen and oxygen atoms in total. The second-order valence-corrected chi connectivity index (χ2v) is 6.25. The maximum Gasteiger partial charge on any atom is 0.273 e. The van der Waals surface area contributed by atoms with Crippen LogP contribution in [0, 0.1) is 5.92 Å². The monoisotopic (exact) mass is 344 g/mol. The molecule has 8 heteroatoms. The molecule has 0 atom stereocenters. The third kappa shape index (κ3) is 3.78. The molecule has 25 heavy (non-hydrogen) atoms. The predicted octanol–water partition coefficient (Wildman–Crippen LogP) is 0.417. The molecule has 0 aliphatic heterocycles. The van der Waals surface area contributed by atoms with Crippen LogP contribution in [-0.2, 0) is 16.1 Å². The summed E-state index contributed by atoms with van der Waals surface area (Å²) in [6, 6.07) is 6.39. The minimum absolute atomic E-state index is 0.0859. The van der Waals surface area contributed by atoms with Crippen LogP contribution in [0.2, 0.25) is 0 Å². The molecule has 0 unspecified atom stereocenters. The van der Waals surface area contributed by atoms with E-state index in [0.717, 1.165) is 36.8 Å². The number of hydrazine groups is 1. The van der Waals surface area contributed by atoms with Crippen LogP contribution in [0.1, 0.15) is 32.1 Å². The van der Waals surface area contributed by atoms with Crippen molar-refractivity contribution in [1.82, 2.24) is 20.6 Å². The molecular formula is C17H20N4O4. The Labute approximate surface area is 143 Å². The predicted molar refractivity (Wildman–Crippen MR) is 91.7 cm³/mol. The zero-order valence-electron chi connectivity index (χ0n) is 13.7. The summed E-state index contributed by atoms with van der Waals surface area (Å²) in [5.74, 6) is -0.887. The molecule has 132 valence electrons. The average molecular weight is 344 g/mol. The number of hydrogen-bond acceptors (Lipinski definition) is 4. The summed E-state index contributed by atoms with van der Waals surface area (Å²) in [4.78, 5) is 48.3. The number of nitrogens with one attached hydrogen (secondary N) is 3. The topological polar surface area (TPSA) is 113 Å². The molecule has 3 N–H and O–H groups in total. The Kier molecular flexibility index (Phi) is 4.97. The van der Waals surface area contributed by atoms with Crippen LogP contribution < -0.4 is 22.0 Å². The molecule has 1 heterocycles. The summed E-state index contributed by atoms with van der Waals surface area (Å²) < 4.78 is 0.937. The van der Waals surface area contributed by atoms with Crippen molar-refractivity contribution in [3.05, 3.63) is 45.0 Å². The maximum atomic E-state index is 12.3. The van der Waals surface area contributed by atoms with Crippen LogP contribution in [0.15, 0.2) is 33.9 Å². The van der Waals surface area contributed by atoms with Gasteiger partial charge in [-0.25, -0.2) is 4.68 Å². The van der Waals surface area contributed by atoms with E-state index in [1.54, 1.807) is 18.2 Å². The molecule has 2 aromatic rings. The average Bonchev–Trinajstić information content (AvgIpc) is 2.64. The molecule has 0 bridgehead atoms. The first-order chi connectivity index (χ1) is 12.1. The number of benzene rings is 1. The lowest BCUT2D eigenvalue weighted by atomic mass is 9.89. The van der Waals surface area contributed by atoms with Gasteiger partial charge in [0.2, 0.25) is 5.91 Å². The fourth-order valence-electron chi connectivity index (χ4n) is 3.14. The van der Waals surface area contributed by atoms with E-state index in [1.807, 2.05) is 0 Å². The first-order valence-electron chi connectivity index (χ1n) is 8.37. The molecule has 2 amide bonds. The Hall–Kier alpha value is -2.90. The Morgan fingerprint density at radius 2 is 1.72 bits per heavy atom. The Bertz CT molecular complexity index is 909. The Balaban J connectivity index is 1.66. The minimum atomic E-state index is -0.586. The first kappa shape index (κ1) is 16.9. The number of fused-ring (bicyclic) bond motifs is 1. The van der Waals surface area contributed by atoms with Crippen molar-refractivity contribution < 1.29 is 9.59 Å². The summed E-state index contributed by atoms with van der Waals surface area (Å²) >= 11 is 0. The third-order valence-corrected chi connectivity index (χ3v) is 4.49. The van der Waals surface area contributed by atoms with Crippen molar-refractivity contribution in [2.45, 2.75) is 38.6 Å². The van der Waals surface area contributed by atoms with Crippen molar-refractivity contribution in [2.24, 2.45) is 5.92 Å². The van der Waals surface area contributed by atoms with Crippen LogP contribution in [0.3, 0.4) is 0 Å². The molecule has 3 rings (SSSR count). The van der Waals surface area contributed by atoms with Crippen LogP contribution in [0.25, 0.3) is 10.8 Å². The highest BCUT2D eigenvalue weighted by molar-refractivity contribution is 5.84. The highest BCUT2D eigenvalue weighted by Gasteiger charge is 2.21. The second kappa shape index (κ2) is 7.33. The zero-order valence-corrected chi connectivity index (χ0v) is 13.7. The molecule has 1 fully saturated rings. The van der Waals surface area contributed by atoms with Crippen molar-refractivity contribution >= 4 is 22.6 Å². The zero-order chi connectivity index (χ0) is 17.8. The van der Waals surface area contributed by atoms with Crippen molar-refractivity contribution in [1.29, 1.82) is 0 Å². The number of rotatable bonds is 3. The molecular weight excluding hydrogens is 324 g/mol. The van der Waals surface area contributed by atoms with Crippen molar-refractivity contribution in [3.63, 3.8) is 0 Å². The SMILES string of the molecule is O=C(Cn1[nH]c(=O)c2ccccc2c1=O)NNC(=O)C1CCCCC1. The highest BCUT2D eigenvalue weighted by Crippen LogP contribution is 2.23. The second-order valence-electron chi connectivity index (χ2n) is 6.25. The number of aromatic nitrogens is 2. The van der Waals surface area contributed by atoms with Gasteiger partial charge < -0.3 is 0 Å². The Morgan fingerprint density at radius 3 is 2.44 bits per heavy atom. The van der Waals surface area contributed by atoms with E-state index in [0.29, 0.717) is 0 Å². The van der Waals surface area contributed by atoms with E-state index in [9.17, 15) is 19.2 Å². The van der Waals surface area contributed by atoms with Gasteiger partial charge in [0.1, 0.15) is 6.54 Å². The fourth-order valence-corrected chi connectivity index (χ4v) is 3.14. The number of hydrogen-bond donors (Lipinski definition) is 3. The number of carbonyl (C=O) groups excluding carboxylic acids is 2. The van der Waals surface area contributed by atoms with Crippen LogP contribution in [0.4, 0.5) is 0 Å². The van der Waals surface area contributed by atoms with Gasteiger partial charge in [-0.15, -0.1) is 0 Å². The summed E-state index contributed by atoms with van der Waals surface area (Å²) in [6.07, 6.45) is 4.80. The van der Waals surface area contributed by atoms with Crippen LogP contribution in [-0.4, -0.2) is 21.6 Å². The van der Waals surface area contributed by atoms with Gasteiger partial charge >= 0.3 is 0 Å². The number of H-pyrrole nitrogens is 1. The van der Waals surface area contributed by atoms with E-state index < -0.39 is 17.0 Å². The number of aromatic amines is 1. The van der Waals surface area contributed by atoms with Crippen LogP contribution >= 0.6 is 0 Å². The van der Waals surface area contributed by atoms with E-state index in [1.165, 1.54) is 6.07 Å². The fraction of sp³-hybridized carbons (Fsp3) is 0.412. The van der Waals surface area contributed by atoms with Gasteiger partial charge in [0, 0.05) is 5.92 Å². The Morgan fingerprint density at radius 1 is 1.04 bits per heavy atom. The lowest BCUT2D eigenvalue weighted by Gasteiger charge is -2.20. The first-order valence-corrected chi connectivity index (χ1v) is 8.37. The largest absolute Gasteiger partial charge is 0.273 e. The van der Waals surface area contributed by atoms with Crippen molar-refractivity contribution in [2.75, 3.05) is 0 Å². The highest BCUT2D eigenvalue weighted by atomic mass is 16.2. The molecule has 0 radical (unpaired) electrons. The molecule has 1 aliphatic carbocycles. The van der Waals surface area contributed by atoms with Gasteiger partial charge in [0.05, 0.1) is 10.8 Å². The lowest BCUT2D eigenvalue weighted by molar-refractivity contribution is -0.132. The number of carbonyl (C=O) groups is 2. The minimum Gasteiger partial charge on any atom is -0.273 e. The smallest absolute Gasteiger partial charge is 0.273 e. The summed E-state index contributed by atoms with van der Waals surface area (Å²) in [6.45, 7) is -0.385. The molecule has 0 saturated heterocycles. The van der Waals surface area contributed by atoms with E-state index in [2.05, 4.69) is 16.0 Å². The van der Waals surface area contributed by atoms with E-state index in [4.69, 9.17) is 0 Å². The maximum absolute atomic E-state index is 12.3. The standard InChI is InChI=1S/C17H20N4O4/c22-14(18-19-15(23)11-6-2-1-3-7-11)10-21-17(25)13-9-5-4-8-12(13)16(24)20-21/h4-5,8-9,11H,1-3,6-7,10H2,(H,18,22)(H,19,23)(H,20,24). The van der Waals surface area contributed by atoms with Crippen LogP contribution in [0.5, 0.6) is 0 Å². The van der Waals surface area contributed by atoms with E-state index in [-0.39, 0.29) is 29.1 Å². The van der Waals surface area contributed by atoms with Gasteiger partial charge in [0.15, 0.2) is 0 Å². The molecule has 0 spiro atoms. The molecule has 1 aromatic carbocycles. The van der Waals surface area contributed by atoms with Gasteiger partial charge in [-0.2, -0.15) is 0 Å². The van der Waals surface area contributed by atoms with E-state index >= 15 is 0 Å². The van der Waals surface area contributed by atoms with Gasteiger partial charge in [-0.3, -0.25) is 35.1 Å². The number of nitrogens with zero attached hydrogens (tertiary/aromatic N) is 1. The normalized spacial score (nSPS) is 15.0. The molecule has 1 aliphatic rings. The lowest BCUT2D eigenvalue weighted by Crippen LogP contribution is -2.47. The quantitative estimate of drug-likeness (QED) is 0.700. The van der Waals surface area contributed by atoms with Gasteiger partial charge in [0.25, 0.3) is 17.0 Å². The summed E-state index contributed by atoms with van der Waals surface area (Å²) in [5.41, 5.74) is 3.78. The third-order valence-electron chi connectivity index (χ3n) is 4.49. The summed E-state index contributed by atoms with van der Waals surface area (Å²) in [5, 5.41) is 2.89. The molecule has 1 aromatic heterocycles. The van der Waals surface area contributed by atoms with Gasteiger partial charge in [-0.05, 0) is 25.0 Å². The summed E-state index contributed by atoms with van der Waals surface area (Å²) in [7, 11) is 0. The number of amides is 2.